The van der Waals surface area contributed by atoms with Crippen molar-refractivity contribution in [3.8, 4) is 5.75 Å². The van der Waals surface area contributed by atoms with Gasteiger partial charge in [-0.1, -0.05) is 12.1 Å². The number of amides is 2. The Hall–Kier alpha value is -2.95. The van der Waals surface area contributed by atoms with E-state index in [1.54, 1.807) is 0 Å². The van der Waals surface area contributed by atoms with Gasteiger partial charge in [-0.2, -0.15) is 13.2 Å². The van der Waals surface area contributed by atoms with E-state index in [-0.39, 0.29) is 34.8 Å². The van der Waals surface area contributed by atoms with Crippen LogP contribution < -0.4 is 9.46 Å². The number of nitrogens with zero attached hydrogens (tertiary/aromatic N) is 1. The zero-order valence-electron chi connectivity index (χ0n) is 20.6. The molecule has 0 spiro atoms. The van der Waals surface area contributed by atoms with E-state index in [0.717, 1.165) is 37.3 Å². The van der Waals surface area contributed by atoms with Crippen LogP contribution in [0.1, 0.15) is 76.3 Å². The first kappa shape index (κ1) is 26.6. The third kappa shape index (κ3) is 6.03. The van der Waals surface area contributed by atoms with Gasteiger partial charge in [-0.3, -0.25) is 14.3 Å². The summed E-state index contributed by atoms with van der Waals surface area (Å²) in [5.41, 5.74) is -0.713. The van der Waals surface area contributed by atoms with E-state index in [1.807, 2.05) is 0 Å². The lowest BCUT2D eigenvalue weighted by molar-refractivity contribution is -0.138. The molecule has 2 saturated carbocycles. The molecule has 3 fully saturated rings. The van der Waals surface area contributed by atoms with Crippen LogP contribution in [-0.4, -0.2) is 45.9 Å². The predicted molar refractivity (Wildman–Crippen MR) is 133 cm³/mol. The Morgan fingerprint density at radius 1 is 1.00 bits per heavy atom. The third-order valence-electron chi connectivity index (χ3n) is 7.22. The van der Waals surface area contributed by atoms with Gasteiger partial charge in [-0.05, 0) is 74.1 Å². The van der Waals surface area contributed by atoms with E-state index in [1.165, 1.54) is 35.2 Å². The van der Waals surface area contributed by atoms with Gasteiger partial charge in [0.05, 0.1) is 28.5 Å². The molecule has 1 N–H and O–H groups in total. The van der Waals surface area contributed by atoms with Gasteiger partial charge in [0.25, 0.3) is 11.8 Å². The number of halogens is 4. The van der Waals surface area contributed by atoms with E-state index < -0.39 is 40.4 Å². The summed E-state index contributed by atoms with van der Waals surface area (Å²) in [6, 6.07) is 7.47. The Labute approximate surface area is 220 Å². The number of rotatable bonds is 8. The van der Waals surface area contributed by atoms with Crippen LogP contribution in [0.4, 0.5) is 17.6 Å². The molecular weight excluding hydrogens is 524 g/mol. The number of hydrogen-bond acceptors (Lipinski definition) is 4. The number of carbonyl (C=O) groups is 2. The Kier molecular flexibility index (Phi) is 7.48. The Morgan fingerprint density at radius 2 is 1.68 bits per heavy atom. The fourth-order valence-corrected chi connectivity index (χ4v) is 5.72. The van der Waals surface area contributed by atoms with E-state index in [2.05, 4.69) is 4.72 Å². The maximum atomic E-state index is 14.9. The standard InChI is InChI=1S/C27H28F4N2O4S/c28-23-14-24(20(17-5-6-17)13-21(23)25(34)32-38(36)18-7-8-18)37-15-16-9-11-33(12-10-16)26(35)19-3-1-2-4-22(19)27(29,30)31/h1-4,13-14,16-18H,5-12,15H2,(H,32,34). The molecule has 2 aromatic rings. The van der Waals surface area contributed by atoms with E-state index in [0.29, 0.717) is 31.7 Å². The summed E-state index contributed by atoms with van der Waals surface area (Å²) < 4.78 is 75.3. The smallest absolute Gasteiger partial charge is 0.417 e. The predicted octanol–water partition coefficient (Wildman–Crippen LogP) is 5.21. The number of hydrogen-bond donors (Lipinski definition) is 1. The maximum absolute atomic E-state index is 14.9. The van der Waals surface area contributed by atoms with Crippen molar-refractivity contribution in [2.45, 2.75) is 55.9 Å². The monoisotopic (exact) mass is 552 g/mol. The summed E-state index contributed by atoms with van der Waals surface area (Å²) in [5, 5.41) is -0.0615. The molecule has 0 aromatic heterocycles. The maximum Gasteiger partial charge on any atom is 0.417 e. The van der Waals surface area contributed by atoms with Crippen LogP contribution >= 0.6 is 0 Å². The van der Waals surface area contributed by atoms with Crippen molar-refractivity contribution in [1.82, 2.24) is 9.62 Å². The second-order valence-electron chi connectivity index (χ2n) is 10.2. The topological polar surface area (TPSA) is 75.7 Å². The van der Waals surface area contributed by atoms with Crippen molar-refractivity contribution >= 4 is 22.8 Å². The molecule has 1 saturated heterocycles. The van der Waals surface area contributed by atoms with Crippen molar-refractivity contribution in [3.05, 3.63) is 64.5 Å². The minimum atomic E-state index is -4.61. The number of alkyl halides is 3. The van der Waals surface area contributed by atoms with Gasteiger partial charge in [-0.25, -0.2) is 8.60 Å². The average molecular weight is 553 g/mol. The number of ether oxygens (including phenoxy) is 1. The molecule has 5 rings (SSSR count). The first-order valence-electron chi connectivity index (χ1n) is 12.7. The molecule has 1 atom stereocenters. The molecular formula is C27H28F4N2O4S. The van der Waals surface area contributed by atoms with Crippen LogP contribution in [0.15, 0.2) is 36.4 Å². The highest BCUT2D eigenvalue weighted by molar-refractivity contribution is 7.84. The Morgan fingerprint density at radius 3 is 2.32 bits per heavy atom. The number of carbonyl (C=O) groups excluding carboxylic acids is 2. The summed E-state index contributed by atoms with van der Waals surface area (Å²) in [4.78, 5) is 26.7. The SMILES string of the molecule is O=C(NS(=O)C1CC1)c1cc(C2CC2)c(OCC2CCN(C(=O)c3ccccc3C(F)(F)F)CC2)cc1F. The zero-order chi connectivity index (χ0) is 27.0. The lowest BCUT2D eigenvalue weighted by atomic mass is 9.96. The normalized spacial score (nSPS) is 19.2. The van der Waals surface area contributed by atoms with Crippen molar-refractivity contribution < 1.29 is 36.1 Å². The zero-order valence-corrected chi connectivity index (χ0v) is 21.4. The minimum absolute atomic E-state index is 0.0379. The molecule has 204 valence electrons. The number of likely N-dealkylation sites (tertiary alicyclic amines) is 1. The van der Waals surface area contributed by atoms with Crippen LogP contribution in [0.25, 0.3) is 0 Å². The Balaban J connectivity index is 1.20. The van der Waals surface area contributed by atoms with Crippen LogP contribution in [0, 0.1) is 11.7 Å². The minimum Gasteiger partial charge on any atom is -0.493 e. The largest absolute Gasteiger partial charge is 0.493 e. The first-order valence-corrected chi connectivity index (χ1v) is 14.0. The second kappa shape index (κ2) is 10.7. The van der Waals surface area contributed by atoms with Crippen LogP contribution in [0.3, 0.4) is 0 Å². The molecule has 2 aromatic carbocycles. The first-order chi connectivity index (χ1) is 18.1. The van der Waals surface area contributed by atoms with Crippen molar-refractivity contribution in [2.75, 3.05) is 19.7 Å². The lowest BCUT2D eigenvalue weighted by Crippen LogP contribution is -2.40. The molecule has 1 heterocycles. The van der Waals surface area contributed by atoms with Crippen LogP contribution in [-0.2, 0) is 17.2 Å². The van der Waals surface area contributed by atoms with Gasteiger partial charge in [0.1, 0.15) is 22.6 Å². The molecule has 0 bridgehead atoms. The van der Waals surface area contributed by atoms with E-state index in [4.69, 9.17) is 4.74 Å². The van der Waals surface area contributed by atoms with Crippen molar-refractivity contribution in [2.24, 2.45) is 5.92 Å². The fourth-order valence-electron chi connectivity index (χ4n) is 4.69. The highest BCUT2D eigenvalue weighted by Gasteiger charge is 2.37. The van der Waals surface area contributed by atoms with Gasteiger partial charge >= 0.3 is 6.18 Å². The Bertz CT molecular complexity index is 1250. The summed E-state index contributed by atoms with van der Waals surface area (Å²) in [6.45, 7) is 0.845. The van der Waals surface area contributed by atoms with Crippen LogP contribution in [0.2, 0.25) is 0 Å². The highest BCUT2D eigenvalue weighted by Crippen LogP contribution is 2.45. The number of piperidine rings is 1. The van der Waals surface area contributed by atoms with Gasteiger partial charge < -0.3 is 9.64 Å². The molecule has 38 heavy (non-hydrogen) atoms. The highest BCUT2D eigenvalue weighted by atomic mass is 32.2. The molecule has 2 aliphatic carbocycles. The molecule has 2 amide bonds. The summed E-state index contributed by atoms with van der Waals surface area (Å²) >= 11 is 0. The second-order valence-corrected chi connectivity index (χ2v) is 11.6. The van der Waals surface area contributed by atoms with Crippen LogP contribution in [0.5, 0.6) is 5.75 Å². The molecule has 1 unspecified atom stereocenters. The van der Waals surface area contributed by atoms with Gasteiger partial charge in [0.2, 0.25) is 0 Å². The molecule has 0 radical (unpaired) electrons. The third-order valence-corrected chi connectivity index (χ3v) is 8.68. The van der Waals surface area contributed by atoms with Gasteiger partial charge in [0, 0.05) is 19.2 Å². The summed E-state index contributed by atoms with van der Waals surface area (Å²) in [6.07, 6.45) is -0.179. The molecule has 6 nitrogen and oxygen atoms in total. The molecule has 11 heteroatoms. The van der Waals surface area contributed by atoms with E-state index in [9.17, 15) is 31.4 Å². The average Bonchev–Trinajstić information content (AvgIpc) is 3.80. The fraction of sp³-hybridized carbons (Fsp3) is 0.481. The summed E-state index contributed by atoms with van der Waals surface area (Å²) in [5.74, 6) is -1.53. The molecule has 1 aliphatic heterocycles. The molecule has 3 aliphatic rings. The number of nitrogens with one attached hydrogen (secondary N) is 1. The summed E-state index contributed by atoms with van der Waals surface area (Å²) in [7, 11) is -1.52. The van der Waals surface area contributed by atoms with Crippen molar-refractivity contribution in [3.63, 3.8) is 0 Å². The van der Waals surface area contributed by atoms with E-state index >= 15 is 0 Å². The lowest BCUT2D eigenvalue weighted by Gasteiger charge is -2.32. The number of benzene rings is 2. The quantitative estimate of drug-likeness (QED) is 0.457. The van der Waals surface area contributed by atoms with Gasteiger partial charge in [0.15, 0.2) is 0 Å². The van der Waals surface area contributed by atoms with Crippen molar-refractivity contribution in [1.29, 1.82) is 0 Å². The van der Waals surface area contributed by atoms with Gasteiger partial charge in [-0.15, -0.1) is 0 Å².